The SMILES string of the molecule is CCOC[C@H](O)CN(Cc1c(C)nn(-c2ccccc2)c1Oc1ccccc1F)C1CC1. The zero-order valence-electron chi connectivity index (χ0n) is 18.6. The average Bonchev–Trinajstić information content (AvgIpc) is 3.60. The average molecular weight is 440 g/mol. The zero-order valence-corrected chi connectivity index (χ0v) is 18.6. The third kappa shape index (κ3) is 5.35. The van der Waals surface area contributed by atoms with Gasteiger partial charge in [0.2, 0.25) is 5.88 Å². The van der Waals surface area contributed by atoms with Crippen LogP contribution in [0, 0.1) is 12.7 Å². The summed E-state index contributed by atoms with van der Waals surface area (Å²) in [5, 5.41) is 15.2. The van der Waals surface area contributed by atoms with E-state index in [1.807, 2.05) is 44.2 Å². The van der Waals surface area contributed by atoms with E-state index in [0.717, 1.165) is 29.8 Å². The molecule has 1 saturated carbocycles. The van der Waals surface area contributed by atoms with Gasteiger partial charge in [0, 0.05) is 25.7 Å². The molecule has 1 N–H and O–H groups in total. The molecule has 4 rings (SSSR count). The van der Waals surface area contributed by atoms with Crippen molar-refractivity contribution in [2.75, 3.05) is 19.8 Å². The Morgan fingerprint density at radius 3 is 2.56 bits per heavy atom. The third-order valence-corrected chi connectivity index (χ3v) is 5.57. The monoisotopic (exact) mass is 439 g/mol. The molecule has 0 unspecified atom stereocenters. The third-order valence-electron chi connectivity index (χ3n) is 5.57. The Balaban J connectivity index is 1.67. The Morgan fingerprint density at radius 2 is 1.88 bits per heavy atom. The number of benzene rings is 2. The van der Waals surface area contributed by atoms with Crippen molar-refractivity contribution in [3.05, 3.63) is 71.7 Å². The van der Waals surface area contributed by atoms with Crippen molar-refractivity contribution < 1.29 is 19.0 Å². The first kappa shape index (κ1) is 22.5. The van der Waals surface area contributed by atoms with Gasteiger partial charge in [0.25, 0.3) is 0 Å². The van der Waals surface area contributed by atoms with Crippen LogP contribution in [0.5, 0.6) is 11.6 Å². The highest BCUT2D eigenvalue weighted by atomic mass is 19.1. The molecule has 7 heteroatoms. The molecule has 1 heterocycles. The number of hydrogen-bond donors (Lipinski definition) is 1. The summed E-state index contributed by atoms with van der Waals surface area (Å²) in [5.41, 5.74) is 2.53. The van der Waals surface area contributed by atoms with E-state index in [2.05, 4.69) is 4.90 Å². The maximum atomic E-state index is 14.4. The lowest BCUT2D eigenvalue weighted by Crippen LogP contribution is -2.36. The molecule has 0 amide bonds. The standard InChI is InChI=1S/C25H30FN3O3/c1-3-31-17-21(30)15-28(19-13-14-19)16-22-18(2)27-29(20-9-5-4-6-10-20)25(22)32-24-12-8-7-11-23(24)26/h4-12,19,21,30H,3,13-17H2,1-2H3/t21-/m1/s1. The Hall–Kier alpha value is -2.74. The molecule has 0 saturated heterocycles. The minimum Gasteiger partial charge on any atom is -0.435 e. The Morgan fingerprint density at radius 1 is 1.16 bits per heavy atom. The van der Waals surface area contributed by atoms with Crippen LogP contribution in [0.15, 0.2) is 54.6 Å². The van der Waals surface area contributed by atoms with Crippen LogP contribution in [-0.2, 0) is 11.3 Å². The van der Waals surface area contributed by atoms with E-state index < -0.39 is 11.9 Å². The summed E-state index contributed by atoms with van der Waals surface area (Å²) in [7, 11) is 0. The van der Waals surface area contributed by atoms with E-state index in [-0.39, 0.29) is 5.75 Å². The van der Waals surface area contributed by atoms with Crippen molar-refractivity contribution in [1.82, 2.24) is 14.7 Å². The van der Waals surface area contributed by atoms with Crippen molar-refractivity contribution >= 4 is 0 Å². The number of halogens is 1. The van der Waals surface area contributed by atoms with Gasteiger partial charge >= 0.3 is 0 Å². The van der Waals surface area contributed by atoms with Gasteiger partial charge in [0.15, 0.2) is 11.6 Å². The topological polar surface area (TPSA) is 59.8 Å². The van der Waals surface area contributed by atoms with Gasteiger partial charge in [-0.15, -0.1) is 0 Å². The number of para-hydroxylation sites is 2. The summed E-state index contributed by atoms with van der Waals surface area (Å²) in [6.45, 7) is 5.78. The lowest BCUT2D eigenvalue weighted by molar-refractivity contribution is 0.0177. The van der Waals surface area contributed by atoms with Crippen LogP contribution in [-0.4, -0.2) is 51.7 Å². The van der Waals surface area contributed by atoms with E-state index in [4.69, 9.17) is 14.6 Å². The second-order valence-electron chi connectivity index (χ2n) is 8.12. The fourth-order valence-electron chi connectivity index (χ4n) is 3.76. The molecular formula is C25H30FN3O3. The smallest absolute Gasteiger partial charge is 0.227 e. The highest BCUT2D eigenvalue weighted by Crippen LogP contribution is 2.35. The Labute approximate surface area is 188 Å². The molecule has 0 radical (unpaired) electrons. The van der Waals surface area contributed by atoms with E-state index in [1.54, 1.807) is 22.9 Å². The maximum absolute atomic E-state index is 14.4. The van der Waals surface area contributed by atoms with Gasteiger partial charge < -0.3 is 14.6 Å². The fraction of sp³-hybridized carbons (Fsp3) is 0.400. The quantitative estimate of drug-likeness (QED) is 0.478. The lowest BCUT2D eigenvalue weighted by atomic mass is 10.2. The van der Waals surface area contributed by atoms with Crippen molar-refractivity contribution in [2.45, 2.75) is 45.4 Å². The molecule has 0 spiro atoms. The van der Waals surface area contributed by atoms with Crippen LogP contribution in [0.25, 0.3) is 5.69 Å². The zero-order chi connectivity index (χ0) is 22.5. The molecule has 1 aliphatic rings. The molecule has 3 aromatic rings. The van der Waals surface area contributed by atoms with Crippen molar-refractivity contribution in [1.29, 1.82) is 0 Å². The molecule has 0 aliphatic heterocycles. The van der Waals surface area contributed by atoms with Gasteiger partial charge in [-0.05, 0) is 51.0 Å². The molecule has 6 nitrogen and oxygen atoms in total. The number of nitrogens with zero attached hydrogens (tertiary/aromatic N) is 3. The summed E-state index contributed by atoms with van der Waals surface area (Å²) >= 11 is 0. The van der Waals surface area contributed by atoms with Crippen LogP contribution >= 0.6 is 0 Å². The van der Waals surface area contributed by atoms with Gasteiger partial charge in [-0.3, -0.25) is 4.90 Å². The normalized spacial score (nSPS) is 14.7. The minimum absolute atomic E-state index is 0.153. The number of aliphatic hydroxyl groups is 1. The fourth-order valence-corrected chi connectivity index (χ4v) is 3.76. The maximum Gasteiger partial charge on any atom is 0.227 e. The van der Waals surface area contributed by atoms with Gasteiger partial charge in [-0.1, -0.05) is 30.3 Å². The number of ether oxygens (including phenoxy) is 2. The predicted octanol–water partition coefficient (Wildman–Crippen LogP) is 4.47. The van der Waals surface area contributed by atoms with E-state index >= 15 is 0 Å². The summed E-state index contributed by atoms with van der Waals surface area (Å²) in [5.74, 6) is 0.215. The van der Waals surface area contributed by atoms with Gasteiger partial charge in [0.05, 0.1) is 29.7 Å². The number of aryl methyl sites for hydroxylation is 1. The number of hydrogen-bond acceptors (Lipinski definition) is 5. The summed E-state index contributed by atoms with van der Waals surface area (Å²) in [6, 6.07) is 16.5. The lowest BCUT2D eigenvalue weighted by Gasteiger charge is -2.25. The van der Waals surface area contributed by atoms with E-state index in [1.165, 1.54) is 6.07 Å². The van der Waals surface area contributed by atoms with Crippen LogP contribution < -0.4 is 4.74 Å². The highest BCUT2D eigenvalue weighted by molar-refractivity contribution is 5.43. The van der Waals surface area contributed by atoms with Crippen molar-refractivity contribution in [3.8, 4) is 17.3 Å². The molecule has 32 heavy (non-hydrogen) atoms. The van der Waals surface area contributed by atoms with Crippen LogP contribution in [0.4, 0.5) is 4.39 Å². The van der Waals surface area contributed by atoms with Gasteiger partial charge in [-0.25, -0.2) is 9.07 Å². The van der Waals surface area contributed by atoms with E-state index in [9.17, 15) is 9.50 Å². The summed E-state index contributed by atoms with van der Waals surface area (Å²) in [4.78, 5) is 2.25. The summed E-state index contributed by atoms with van der Waals surface area (Å²) < 4.78 is 27.7. The summed E-state index contributed by atoms with van der Waals surface area (Å²) in [6.07, 6.45) is 1.61. The van der Waals surface area contributed by atoms with Crippen LogP contribution in [0.2, 0.25) is 0 Å². The predicted molar refractivity (Wildman–Crippen MR) is 121 cm³/mol. The van der Waals surface area contributed by atoms with Crippen LogP contribution in [0.3, 0.4) is 0 Å². The second kappa shape index (κ2) is 10.3. The highest BCUT2D eigenvalue weighted by Gasteiger charge is 2.32. The first-order chi connectivity index (χ1) is 15.6. The number of aromatic nitrogens is 2. The molecular weight excluding hydrogens is 409 g/mol. The molecule has 2 aromatic carbocycles. The Kier molecular flexibility index (Phi) is 7.19. The van der Waals surface area contributed by atoms with Gasteiger partial charge in [0.1, 0.15) is 0 Å². The largest absolute Gasteiger partial charge is 0.435 e. The van der Waals surface area contributed by atoms with E-state index in [0.29, 0.717) is 38.2 Å². The molecule has 1 aliphatic carbocycles. The molecule has 170 valence electrons. The number of rotatable bonds is 11. The molecule has 1 aromatic heterocycles. The Bertz CT molecular complexity index is 1020. The van der Waals surface area contributed by atoms with Crippen molar-refractivity contribution in [3.63, 3.8) is 0 Å². The number of aliphatic hydroxyl groups excluding tert-OH is 1. The first-order valence-electron chi connectivity index (χ1n) is 11.1. The van der Waals surface area contributed by atoms with Crippen molar-refractivity contribution in [2.24, 2.45) is 0 Å². The minimum atomic E-state index is -0.573. The van der Waals surface area contributed by atoms with Crippen LogP contribution in [0.1, 0.15) is 31.0 Å². The molecule has 1 fully saturated rings. The first-order valence-corrected chi connectivity index (χ1v) is 11.1. The van der Waals surface area contributed by atoms with Gasteiger partial charge in [-0.2, -0.15) is 5.10 Å². The second-order valence-corrected chi connectivity index (χ2v) is 8.12. The molecule has 1 atom stereocenters. The molecule has 0 bridgehead atoms.